The van der Waals surface area contributed by atoms with Gasteiger partial charge in [0.2, 0.25) is 0 Å². The number of nitrogens with zero attached hydrogens (tertiary/aromatic N) is 1. The molecular weight excluding hydrogens is 208 g/mol. The quantitative estimate of drug-likeness (QED) is 0.718. The van der Waals surface area contributed by atoms with E-state index in [1.54, 1.807) is 6.07 Å². The lowest BCUT2D eigenvalue weighted by Gasteiger charge is -2.19. The molecule has 0 spiro atoms. The molecule has 81 valence electrons. The zero-order valence-corrected chi connectivity index (χ0v) is 7.60. The van der Waals surface area contributed by atoms with Crippen LogP contribution in [0, 0.1) is 0 Å². The van der Waals surface area contributed by atoms with E-state index >= 15 is 0 Å². The van der Waals surface area contributed by atoms with Crippen LogP contribution in [-0.4, -0.2) is 19.1 Å². The molecule has 0 saturated carbocycles. The molecule has 0 atom stereocenters. The summed E-state index contributed by atoms with van der Waals surface area (Å²) in [6.07, 6.45) is 0. The first-order valence-electron chi connectivity index (χ1n) is 4.06. The molecule has 15 heavy (non-hydrogen) atoms. The molecule has 0 bridgehead atoms. The normalized spacial score (nSPS) is 10.4. The molecular formula is C9H8F2NO3. The van der Waals surface area contributed by atoms with E-state index in [1.807, 2.05) is 0 Å². The van der Waals surface area contributed by atoms with Crippen LogP contribution in [0.4, 0.5) is 14.5 Å². The summed E-state index contributed by atoms with van der Waals surface area (Å²) >= 11 is 0. The third-order valence-electron chi connectivity index (χ3n) is 1.53. The first-order valence-corrected chi connectivity index (χ1v) is 4.06. The molecule has 6 heteroatoms. The first-order chi connectivity index (χ1) is 7.15. The molecule has 0 fully saturated rings. The fourth-order valence-corrected chi connectivity index (χ4v) is 0.965. The molecule has 1 rings (SSSR count). The Morgan fingerprint density at radius 1 is 1.33 bits per heavy atom. The minimum Gasteiger partial charge on any atom is -0.269 e. The average molecular weight is 216 g/mol. The van der Waals surface area contributed by atoms with Crippen LogP contribution in [-0.2, 0) is 14.7 Å². The summed E-state index contributed by atoms with van der Waals surface area (Å²) in [6.45, 7) is -4.30. The number of para-hydroxylation sites is 1. The van der Waals surface area contributed by atoms with Crippen molar-refractivity contribution in [1.82, 2.24) is 0 Å². The van der Waals surface area contributed by atoms with Crippen molar-refractivity contribution in [2.75, 3.05) is 11.7 Å². The molecule has 4 nitrogen and oxygen atoms in total. The number of halogens is 2. The molecule has 0 aliphatic heterocycles. The molecule has 0 heterocycles. The Morgan fingerprint density at radius 2 is 1.93 bits per heavy atom. The third kappa shape index (κ3) is 3.26. The highest BCUT2D eigenvalue weighted by Gasteiger charge is 2.20. The monoisotopic (exact) mass is 216 g/mol. The standard InChI is InChI=1S/C9H8F2NO3/c10-9(11)15-12(8(14)6-13)7-4-2-1-3-5-7/h1-5,9H,6H2. The summed E-state index contributed by atoms with van der Waals surface area (Å²) in [5, 5.41) is 10.6. The molecule has 0 saturated heterocycles. The van der Waals surface area contributed by atoms with Gasteiger partial charge in [0.05, 0.1) is 5.69 Å². The van der Waals surface area contributed by atoms with E-state index in [1.165, 1.54) is 24.3 Å². The lowest BCUT2D eigenvalue weighted by atomic mass is 10.3. The molecule has 1 radical (unpaired) electrons. The predicted octanol–water partition coefficient (Wildman–Crippen LogP) is 1.60. The molecule has 1 aromatic rings. The van der Waals surface area contributed by atoms with Crippen LogP contribution in [0.15, 0.2) is 30.3 Å². The minimum atomic E-state index is -3.15. The zero-order valence-electron chi connectivity index (χ0n) is 7.60. The number of rotatable bonds is 4. The van der Waals surface area contributed by atoms with Crippen molar-refractivity contribution in [2.45, 2.75) is 6.61 Å². The maximum atomic E-state index is 11.9. The van der Waals surface area contributed by atoms with Crippen LogP contribution >= 0.6 is 0 Å². The number of benzene rings is 1. The summed E-state index contributed by atoms with van der Waals surface area (Å²) in [5.74, 6) is -1.07. The number of hydrogen-bond donors (Lipinski definition) is 0. The van der Waals surface area contributed by atoms with E-state index in [0.717, 1.165) is 0 Å². The van der Waals surface area contributed by atoms with Crippen LogP contribution in [0.1, 0.15) is 0 Å². The maximum Gasteiger partial charge on any atom is 0.365 e. The number of amides is 1. The summed E-state index contributed by atoms with van der Waals surface area (Å²) in [7, 11) is 0. The Kier molecular flexibility index (Phi) is 4.14. The van der Waals surface area contributed by atoms with E-state index in [-0.39, 0.29) is 5.69 Å². The average Bonchev–Trinajstić information content (AvgIpc) is 2.26. The fourth-order valence-electron chi connectivity index (χ4n) is 0.965. The number of alkyl halides is 2. The Hall–Kier alpha value is -1.53. The van der Waals surface area contributed by atoms with Crippen LogP contribution in [0.2, 0.25) is 0 Å². The van der Waals surface area contributed by atoms with Crippen molar-refractivity contribution in [3.05, 3.63) is 30.3 Å². The lowest BCUT2D eigenvalue weighted by molar-refractivity contribution is -0.161. The second-order valence-electron chi connectivity index (χ2n) is 2.53. The number of carbonyl (C=O) groups is 1. The zero-order chi connectivity index (χ0) is 11.3. The minimum absolute atomic E-state index is 0.0960. The second-order valence-corrected chi connectivity index (χ2v) is 2.53. The number of hydrogen-bond acceptors (Lipinski definition) is 2. The van der Waals surface area contributed by atoms with Gasteiger partial charge in [0.1, 0.15) is 0 Å². The Morgan fingerprint density at radius 3 is 2.40 bits per heavy atom. The van der Waals surface area contributed by atoms with Crippen LogP contribution in [0.5, 0.6) is 0 Å². The SMILES string of the molecule is [O]CC(=O)N(OC(F)F)c1ccccc1. The summed E-state index contributed by atoms with van der Waals surface area (Å²) in [4.78, 5) is 14.9. The summed E-state index contributed by atoms with van der Waals surface area (Å²) < 4.78 is 23.9. The van der Waals surface area contributed by atoms with Crippen LogP contribution < -0.4 is 5.06 Å². The van der Waals surface area contributed by atoms with Crippen molar-refractivity contribution in [2.24, 2.45) is 0 Å². The topological polar surface area (TPSA) is 49.4 Å². The molecule has 1 aromatic carbocycles. The van der Waals surface area contributed by atoms with Gasteiger partial charge in [-0.1, -0.05) is 18.2 Å². The van der Waals surface area contributed by atoms with Crippen molar-refractivity contribution >= 4 is 11.6 Å². The van der Waals surface area contributed by atoms with Gasteiger partial charge >= 0.3 is 6.61 Å². The number of hydroxylamine groups is 1. The first kappa shape index (κ1) is 11.5. The van der Waals surface area contributed by atoms with E-state index in [9.17, 15) is 18.7 Å². The van der Waals surface area contributed by atoms with Gasteiger partial charge in [-0.15, -0.1) is 0 Å². The smallest absolute Gasteiger partial charge is 0.269 e. The van der Waals surface area contributed by atoms with Crippen molar-refractivity contribution < 1.29 is 23.5 Å². The lowest BCUT2D eigenvalue weighted by Crippen LogP contribution is -2.34. The predicted molar refractivity (Wildman–Crippen MR) is 46.6 cm³/mol. The highest BCUT2D eigenvalue weighted by molar-refractivity contribution is 5.92. The van der Waals surface area contributed by atoms with Gasteiger partial charge in [-0.2, -0.15) is 18.7 Å². The van der Waals surface area contributed by atoms with E-state index in [0.29, 0.717) is 5.06 Å². The second kappa shape index (κ2) is 5.38. The van der Waals surface area contributed by atoms with Crippen molar-refractivity contribution in [3.8, 4) is 0 Å². The largest absolute Gasteiger partial charge is 0.365 e. The Labute approximate surface area is 84.6 Å². The van der Waals surface area contributed by atoms with E-state index in [4.69, 9.17) is 0 Å². The van der Waals surface area contributed by atoms with Gasteiger partial charge < -0.3 is 0 Å². The van der Waals surface area contributed by atoms with Crippen molar-refractivity contribution in [3.63, 3.8) is 0 Å². The molecule has 0 N–H and O–H groups in total. The van der Waals surface area contributed by atoms with Crippen LogP contribution in [0.3, 0.4) is 0 Å². The number of carbonyl (C=O) groups excluding carboxylic acids is 1. The van der Waals surface area contributed by atoms with Gasteiger partial charge in [0.25, 0.3) is 5.91 Å². The molecule has 1 amide bonds. The van der Waals surface area contributed by atoms with Gasteiger partial charge in [-0.3, -0.25) is 4.79 Å². The third-order valence-corrected chi connectivity index (χ3v) is 1.53. The highest BCUT2D eigenvalue weighted by atomic mass is 19.3. The summed E-state index contributed by atoms with van der Waals surface area (Å²) in [5.41, 5.74) is 0.0960. The molecule has 0 unspecified atom stereocenters. The molecule has 0 aliphatic rings. The van der Waals surface area contributed by atoms with Crippen molar-refractivity contribution in [1.29, 1.82) is 0 Å². The molecule has 0 aromatic heterocycles. The van der Waals surface area contributed by atoms with Gasteiger partial charge in [-0.25, -0.2) is 5.11 Å². The van der Waals surface area contributed by atoms with E-state index in [2.05, 4.69) is 4.84 Å². The summed E-state index contributed by atoms with van der Waals surface area (Å²) in [6, 6.07) is 7.49. The van der Waals surface area contributed by atoms with Crippen LogP contribution in [0.25, 0.3) is 0 Å². The number of anilines is 1. The van der Waals surface area contributed by atoms with E-state index < -0.39 is 19.1 Å². The Bertz CT molecular complexity index is 318. The maximum absolute atomic E-state index is 11.9. The molecule has 0 aliphatic carbocycles. The van der Waals surface area contributed by atoms with Gasteiger partial charge in [-0.05, 0) is 12.1 Å². The highest BCUT2D eigenvalue weighted by Crippen LogP contribution is 2.16. The van der Waals surface area contributed by atoms with Gasteiger partial charge in [0.15, 0.2) is 6.61 Å². The fraction of sp³-hybridized carbons (Fsp3) is 0.222. The Balaban J connectivity index is 2.86. The van der Waals surface area contributed by atoms with Gasteiger partial charge in [0, 0.05) is 0 Å².